The summed E-state index contributed by atoms with van der Waals surface area (Å²) in [4.78, 5) is 131. The molecule has 0 aliphatic carbocycles. The summed E-state index contributed by atoms with van der Waals surface area (Å²) in [7, 11) is 0. The van der Waals surface area contributed by atoms with Gasteiger partial charge in [0.25, 0.3) is 17.5 Å². The van der Waals surface area contributed by atoms with Crippen LogP contribution in [0.15, 0.2) is 340 Å². The van der Waals surface area contributed by atoms with Crippen LogP contribution >= 0.6 is 0 Å². The van der Waals surface area contributed by atoms with Crippen LogP contribution in [0, 0.1) is 0 Å². The van der Waals surface area contributed by atoms with Crippen LogP contribution in [0.2, 0.25) is 0 Å². The van der Waals surface area contributed by atoms with Gasteiger partial charge in [-0.05, 0) is 90.9 Å². The molecule has 8 aliphatic rings. The van der Waals surface area contributed by atoms with Gasteiger partial charge in [0.05, 0.1) is 63.3 Å². The number of fused-ring (bicyclic) bond motifs is 68. The fourth-order valence-electron chi connectivity index (χ4n) is 19.5. The molecule has 0 amide bonds. The SMILES string of the molecule is C1=Cc2cc3ccc(cc4[nH+]c(cc5ccc(cc1[nH+]2)[n-]5)C=C4)[n-]3.[Mg+2].[Mg+2].[O]=[Ti+2].[O]=[Zr+2].c1ccc2c(c1)-c1nc-2nc2[n-]c(nc3nc(nc4[n-]c(n1)c1ccccc41)-c1ccccc1-3)c1ccccc21.c1ccc2c(c1)-c1nc-2nc2[n-]c(nc3nc(nc4[n-]c(n1)c1ccccc41)-c1ccccc1-3)c1ccccc21.c1ccc2c(c1)-c1nc3[n-]c(nc4[nH+]c(nc5[n-]c(nc-2[nH+]1)c1ccccc51)-c1ccccc1-4)c1ccccc31. The van der Waals surface area contributed by atoms with Crippen molar-refractivity contribution in [2.24, 2.45) is 0 Å². The number of hydrogen-bond acceptors (Lipinski definition) is 18. The van der Waals surface area contributed by atoms with Crippen LogP contribution < -0.4 is 59.8 Å². The first kappa shape index (κ1) is 93.1. The molecule has 0 fully saturated rings. The van der Waals surface area contributed by atoms with E-state index < -0.39 is 0 Å². The summed E-state index contributed by atoms with van der Waals surface area (Å²) in [6, 6.07) is 112. The zero-order valence-corrected chi connectivity index (χ0v) is 85.5. The summed E-state index contributed by atoms with van der Waals surface area (Å²) in [6.45, 7) is 0. The molecule has 688 valence electrons. The van der Waals surface area contributed by atoms with Crippen molar-refractivity contribution in [1.82, 2.24) is 120 Å². The maximum atomic E-state index is 8.34. The second-order valence-corrected chi connectivity index (χ2v) is 35.0. The third kappa shape index (κ3) is 16.9. The number of aromatic nitrogens is 28. The molecule has 12 aromatic heterocycles. The molecule has 32 rings (SSSR count). The molecule has 4 N–H and O–H groups in total. The molecule has 150 heavy (non-hydrogen) atoms. The number of H-pyrrole nitrogens is 4. The topological polar surface area (TPSA) is 410 Å². The number of hydrogen-bond donors (Lipinski definition) is 0. The van der Waals surface area contributed by atoms with Gasteiger partial charge in [0.2, 0.25) is 22.8 Å². The van der Waals surface area contributed by atoms with E-state index in [2.05, 4.69) is 54.2 Å². The molecule has 12 aromatic carbocycles. The van der Waals surface area contributed by atoms with Crippen molar-refractivity contribution in [3.63, 3.8) is 0 Å². The zero-order valence-electron chi connectivity index (χ0n) is 78.6. The Morgan fingerprint density at radius 1 is 0.167 bits per heavy atom. The summed E-state index contributed by atoms with van der Waals surface area (Å²) in [5, 5.41) is 10.9. The van der Waals surface area contributed by atoms with E-state index >= 15 is 0 Å². The monoisotopic (exact) mass is 2070 g/mol. The Hall–Kier alpha value is -18.0. The van der Waals surface area contributed by atoms with E-state index in [1.165, 1.54) is 0 Å². The van der Waals surface area contributed by atoms with Gasteiger partial charge in [0.15, 0.2) is 16.9 Å². The van der Waals surface area contributed by atoms with Crippen LogP contribution in [-0.4, -0.2) is 126 Å². The molecule has 0 spiro atoms. The Morgan fingerprint density at radius 2 is 0.307 bits per heavy atom. The van der Waals surface area contributed by atoms with Crippen LogP contribution in [-0.2, 0) is 51.3 Å². The van der Waals surface area contributed by atoms with E-state index in [9.17, 15) is 0 Å². The average Bonchev–Trinajstić information content (AvgIpc) is 1.60. The Bertz CT molecular complexity index is 8690. The summed E-state index contributed by atoms with van der Waals surface area (Å²) in [5.41, 5.74) is 25.6. The van der Waals surface area contributed by atoms with E-state index in [0.717, 1.165) is 197 Å². The van der Waals surface area contributed by atoms with Crippen LogP contribution in [0.1, 0.15) is 22.8 Å². The van der Waals surface area contributed by atoms with Gasteiger partial charge in [0.1, 0.15) is 5.82 Å². The molecule has 20 heterocycles. The van der Waals surface area contributed by atoms with Gasteiger partial charge in [0, 0.05) is 141 Å². The first-order valence-corrected chi connectivity index (χ1v) is 48.7. The Kier molecular flexibility index (Phi) is 24.3. The third-order valence-corrected chi connectivity index (χ3v) is 26.2. The van der Waals surface area contributed by atoms with Crippen molar-refractivity contribution in [1.29, 1.82) is 0 Å². The maximum Gasteiger partial charge on any atom is 0.269 e. The van der Waals surface area contributed by atoms with Crippen molar-refractivity contribution in [2.45, 2.75) is 0 Å². The minimum absolute atomic E-state index is 0. The first-order valence-electron chi connectivity index (χ1n) is 47.0. The predicted octanol–water partition coefficient (Wildman–Crippen LogP) is 19.0. The normalized spacial score (nSPS) is 11.7. The Labute approximate surface area is 906 Å². The number of rotatable bonds is 0. The van der Waals surface area contributed by atoms with E-state index in [1.54, 1.807) is 0 Å². The van der Waals surface area contributed by atoms with Gasteiger partial charge >= 0.3 is 97.4 Å². The molecule has 8 aliphatic heterocycles. The minimum atomic E-state index is 0. The molecule has 34 heteroatoms. The third-order valence-electron chi connectivity index (χ3n) is 26.2. The van der Waals surface area contributed by atoms with Crippen molar-refractivity contribution >= 4 is 225 Å². The summed E-state index contributed by atoms with van der Waals surface area (Å²) in [5.74, 6) is 7.16. The number of benzene rings is 12. The van der Waals surface area contributed by atoms with Crippen molar-refractivity contribution in [3.8, 4) is 137 Å². The van der Waals surface area contributed by atoms with E-state index in [1.807, 2.05) is 340 Å². The summed E-state index contributed by atoms with van der Waals surface area (Å²) >= 11 is 1.05. The van der Waals surface area contributed by atoms with Crippen molar-refractivity contribution in [3.05, 3.63) is 362 Å². The van der Waals surface area contributed by atoms with E-state index in [0.29, 0.717) is 162 Å². The molecule has 30 nitrogen and oxygen atoms in total. The number of nitrogens with one attached hydrogen (secondary N) is 4. The summed E-state index contributed by atoms with van der Waals surface area (Å²) < 4.78 is 16.6. The second-order valence-electron chi connectivity index (χ2n) is 35.0. The summed E-state index contributed by atoms with van der Waals surface area (Å²) in [6.07, 6.45) is 8.20. The standard InChI is InChI=1S/3C32H16N8.C20H12N4.2Mg.2O.Ti.Zr/c3*1-2-10-18-17(9-1)25-33-26(18)38-28-21-13-5-6-14-22(21)30(35-28)40-32-24-16-8-7-15-23(24)31(36-32)39-29-20-12-4-3-11-19(20)27(34-29)37-25;1-2-14-10-16-5-6-18(23-16)12-20-8-7-19(24-20)11-17-4-3-15(22-17)9-13(1)21-14;;;;;;/h3*1-16H;1-12H;;;;;;/q4*-2;2*+2;;;2*+2/p+4. The molecule has 0 radical (unpaired) electrons. The molecule has 0 saturated carbocycles. The molecule has 0 saturated heterocycles. The average molecular weight is 2070 g/mol. The van der Waals surface area contributed by atoms with Gasteiger partial charge in [-0.25, -0.2) is 34.9 Å². The minimum Gasteiger partial charge on any atom is -0.357 e. The number of aromatic amines is 4. The molecular formula is C116H64Mg2N28O2TiZr+4. The van der Waals surface area contributed by atoms with Crippen LogP contribution in [0.5, 0.6) is 0 Å². The van der Waals surface area contributed by atoms with Crippen LogP contribution in [0.25, 0.3) is 315 Å². The smallest absolute Gasteiger partial charge is 0.269 e. The number of nitrogens with zero attached hydrogens (tertiary/aromatic N) is 24. The Morgan fingerprint density at radius 3 is 0.467 bits per heavy atom. The van der Waals surface area contributed by atoms with Gasteiger partial charge < -0.3 is 79.7 Å². The molecular weight excluding hydrogens is 2010 g/mol. The van der Waals surface area contributed by atoms with E-state index in [-0.39, 0.29) is 46.1 Å². The molecule has 0 atom stereocenters. The fourth-order valence-corrected chi connectivity index (χ4v) is 19.5. The van der Waals surface area contributed by atoms with Crippen LogP contribution in [0.4, 0.5) is 0 Å². The van der Waals surface area contributed by atoms with Gasteiger partial charge in [-0.3, -0.25) is 9.97 Å². The van der Waals surface area contributed by atoms with Crippen molar-refractivity contribution in [2.75, 3.05) is 0 Å². The molecule has 32 bridgehead atoms. The van der Waals surface area contributed by atoms with Crippen molar-refractivity contribution < 1.29 is 71.2 Å². The first-order chi connectivity index (χ1) is 73.2. The largest absolute Gasteiger partial charge is 0.357 e. The maximum absolute atomic E-state index is 8.34. The van der Waals surface area contributed by atoms with Gasteiger partial charge in [-0.1, -0.05) is 312 Å². The second kappa shape index (κ2) is 39.1. The fraction of sp³-hybridized carbons (Fsp3) is 0. The Balaban J connectivity index is 0.000000103. The van der Waals surface area contributed by atoms with Crippen LogP contribution in [0.3, 0.4) is 0 Å². The zero-order chi connectivity index (χ0) is 98.6. The quantitative estimate of drug-likeness (QED) is 0.127. The van der Waals surface area contributed by atoms with Gasteiger partial charge in [-0.2, -0.15) is 0 Å². The molecule has 24 aromatic rings. The van der Waals surface area contributed by atoms with Gasteiger partial charge in [-0.15, -0.1) is 22.1 Å². The molecule has 0 unspecified atom stereocenters. The van der Waals surface area contributed by atoms with E-state index in [4.69, 9.17) is 116 Å². The predicted molar refractivity (Wildman–Crippen MR) is 567 cm³/mol.